The zero-order chi connectivity index (χ0) is 39.3. The van der Waals surface area contributed by atoms with E-state index in [1.165, 1.54) is 0 Å². The highest BCUT2D eigenvalue weighted by Crippen LogP contribution is 2.50. The van der Waals surface area contributed by atoms with Gasteiger partial charge in [0.15, 0.2) is 0 Å². The van der Waals surface area contributed by atoms with Crippen LogP contribution in [0.2, 0.25) is 0 Å². The van der Waals surface area contributed by atoms with E-state index in [0.717, 1.165) is 11.1 Å². The van der Waals surface area contributed by atoms with Crippen LogP contribution in [0.1, 0.15) is 67.7 Å². The number of alkyl halides is 12. The number of rotatable bonds is 6. The topological polar surface area (TPSA) is 43.2 Å². The third-order valence-electron chi connectivity index (χ3n) is 10.5. The molecule has 0 saturated heterocycles. The molecular formula is C39H26F12N2O2. The molecule has 0 saturated carbocycles. The summed E-state index contributed by atoms with van der Waals surface area (Å²) in [7, 11) is 0. The van der Waals surface area contributed by atoms with Gasteiger partial charge in [-0.3, -0.25) is 0 Å². The monoisotopic (exact) mass is 782 g/mol. The van der Waals surface area contributed by atoms with Crippen molar-refractivity contribution in [2.75, 3.05) is 0 Å². The summed E-state index contributed by atoms with van der Waals surface area (Å²) in [5, 5.41) is 0. The van der Waals surface area contributed by atoms with Gasteiger partial charge in [0.05, 0.1) is 22.3 Å². The quantitative estimate of drug-likeness (QED) is 0.183. The van der Waals surface area contributed by atoms with Crippen molar-refractivity contribution in [1.82, 2.24) is 0 Å². The average Bonchev–Trinajstić information content (AvgIpc) is 3.86. The lowest BCUT2D eigenvalue weighted by Crippen LogP contribution is -2.45. The highest BCUT2D eigenvalue weighted by Gasteiger charge is 2.55. The summed E-state index contributed by atoms with van der Waals surface area (Å²) in [6.07, 6.45) is -23.9. The van der Waals surface area contributed by atoms with Crippen LogP contribution in [0.3, 0.4) is 0 Å². The number of nitrogens with zero attached hydrogens (tertiary/aromatic N) is 2. The number of benzene rings is 4. The van der Waals surface area contributed by atoms with Crippen LogP contribution in [0.4, 0.5) is 52.7 Å². The summed E-state index contributed by atoms with van der Waals surface area (Å²) in [6.45, 7) is 0. The molecule has 4 nitrogen and oxygen atoms in total. The first kappa shape index (κ1) is 36.9. The normalized spacial score (nSPS) is 22.0. The van der Waals surface area contributed by atoms with Crippen molar-refractivity contribution in [2.24, 2.45) is 15.4 Å². The van der Waals surface area contributed by atoms with Crippen LogP contribution < -0.4 is 0 Å². The van der Waals surface area contributed by atoms with Crippen LogP contribution in [0.5, 0.6) is 0 Å². The first-order valence-electron chi connectivity index (χ1n) is 16.9. The van der Waals surface area contributed by atoms with Gasteiger partial charge in [-0.15, -0.1) is 0 Å². The van der Waals surface area contributed by atoms with Crippen molar-refractivity contribution in [3.8, 4) is 0 Å². The molecule has 288 valence electrons. The molecule has 2 heterocycles. The molecule has 0 radical (unpaired) electrons. The molecule has 4 atom stereocenters. The van der Waals surface area contributed by atoms with Gasteiger partial charge < -0.3 is 9.47 Å². The molecule has 55 heavy (non-hydrogen) atoms. The third kappa shape index (κ3) is 6.70. The Morgan fingerprint density at radius 2 is 0.800 bits per heavy atom. The molecule has 0 amide bonds. The maximum absolute atomic E-state index is 14.1. The van der Waals surface area contributed by atoms with Crippen molar-refractivity contribution in [3.63, 3.8) is 0 Å². The van der Waals surface area contributed by atoms with E-state index >= 15 is 0 Å². The van der Waals surface area contributed by atoms with Gasteiger partial charge in [0.1, 0.15) is 29.7 Å². The Balaban J connectivity index is 1.38. The van der Waals surface area contributed by atoms with Gasteiger partial charge in [0.25, 0.3) is 0 Å². The summed E-state index contributed by atoms with van der Waals surface area (Å²) in [4.78, 5) is 9.54. The minimum absolute atomic E-state index is 0.0799. The van der Waals surface area contributed by atoms with Crippen molar-refractivity contribution in [1.29, 1.82) is 0 Å². The fraction of sp³-hybridized carbons (Fsp3) is 0.333. The molecule has 4 unspecified atom stereocenters. The van der Waals surface area contributed by atoms with Crippen LogP contribution >= 0.6 is 0 Å². The highest BCUT2D eigenvalue weighted by atomic mass is 19.4. The van der Waals surface area contributed by atoms with Gasteiger partial charge in [0, 0.05) is 12.8 Å². The lowest BCUT2D eigenvalue weighted by Gasteiger charge is -2.34. The Bertz CT molecular complexity index is 2010. The lowest BCUT2D eigenvalue weighted by molar-refractivity contribution is -0.144. The summed E-state index contributed by atoms with van der Waals surface area (Å²) in [6, 6.07) is 14.2. The Morgan fingerprint density at radius 3 is 1.13 bits per heavy atom. The molecule has 4 aliphatic rings. The standard InChI is InChI=1S/C39H26F12N2O2/c40-36(41,42)23-9-19(10-24(15-23)37(43,44)45)17-35(33-52-31-27-7-3-1-5-21(27)13-29(31)54-33,34-53-32-28-8-4-2-6-22(28)14-30(32)55-34)18-20-11-25(38(46,47)48)16-26(12-20)39(49,50)51/h1-12,15-16,29-32H,13-14,17-18H2. The van der Waals surface area contributed by atoms with Gasteiger partial charge in [-0.05, 0) is 82.6 Å². The molecule has 8 rings (SSSR count). The molecule has 16 heteroatoms. The highest BCUT2D eigenvalue weighted by molar-refractivity contribution is 6.07. The fourth-order valence-corrected chi connectivity index (χ4v) is 8.06. The van der Waals surface area contributed by atoms with E-state index in [2.05, 4.69) is 0 Å². The maximum Gasteiger partial charge on any atom is 0.416 e. The summed E-state index contributed by atoms with van der Waals surface area (Å²) >= 11 is 0. The Labute approximate surface area is 304 Å². The van der Waals surface area contributed by atoms with Gasteiger partial charge in [0.2, 0.25) is 11.8 Å². The number of ether oxygens (including phenoxy) is 2. The fourth-order valence-electron chi connectivity index (χ4n) is 8.06. The SMILES string of the molecule is FC(F)(F)c1cc(CC(Cc2cc(C(F)(F)F)cc(C(F)(F)F)c2)(C2=NC3c4ccccc4CC3O2)C2=NC3c4ccccc4CC3O2)cc(C(F)(F)F)c1. The van der Waals surface area contributed by atoms with E-state index in [4.69, 9.17) is 19.5 Å². The van der Waals surface area contributed by atoms with E-state index < -0.39 is 101 Å². The first-order chi connectivity index (χ1) is 25.7. The van der Waals surface area contributed by atoms with E-state index in [1.807, 2.05) is 12.1 Å². The van der Waals surface area contributed by atoms with E-state index in [1.54, 1.807) is 36.4 Å². The van der Waals surface area contributed by atoms with E-state index in [9.17, 15) is 52.7 Å². The van der Waals surface area contributed by atoms with Crippen molar-refractivity contribution < 1.29 is 62.2 Å². The molecule has 0 bridgehead atoms. The molecule has 4 aromatic rings. The van der Waals surface area contributed by atoms with Gasteiger partial charge in [-0.2, -0.15) is 52.7 Å². The average molecular weight is 783 g/mol. The largest absolute Gasteiger partial charge is 0.474 e. The number of fused-ring (bicyclic) bond motifs is 6. The molecule has 0 spiro atoms. The van der Waals surface area contributed by atoms with E-state index in [0.29, 0.717) is 35.4 Å². The molecular weight excluding hydrogens is 756 g/mol. The summed E-state index contributed by atoms with van der Waals surface area (Å²) < 4.78 is 182. The number of hydrogen-bond donors (Lipinski definition) is 0. The van der Waals surface area contributed by atoms with Crippen molar-refractivity contribution in [2.45, 2.75) is 74.7 Å². The van der Waals surface area contributed by atoms with Crippen LogP contribution in [0.25, 0.3) is 0 Å². The zero-order valence-corrected chi connectivity index (χ0v) is 28.0. The van der Waals surface area contributed by atoms with Crippen LogP contribution in [-0.4, -0.2) is 24.0 Å². The lowest BCUT2D eigenvalue weighted by atomic mass is 9.74. The Morgan fingerprint density at radius 1 is 0.473 bits per heavy atom. The minimum Gasteiger partial charge on any atom is -0.474 e. The van der Waals surface area contributed by atoms with Crippen LogP contribution in [0.15, 0.2) is 94.9 Å². The minimum atomic E-state index is -5.27. The zero-order valence-electron chi connectivity index (χ0n) is 28.0. The predicted molar refractivity (Wildman–Crippen MR) is 173 cm³/mol. The van der Waals surface area contributed by atoms with Gasteiger partial charge >= 0.3 is 24.7 Å². The summed E-state index contributed by atoms with van der Waals surface area (Å²) in [5.74, 6) is -0.693. The van der Waals surface area contributed by atoms with Crippen LogP contribution in [0, 0.1) is 5.41 Å². The number of aliphatic imine (C=N–C) groups is 2. The van der Waals surface area contributed by atoms with Crippen LogP contribution in [-0.2, 0) is 59.9 Å². The molecule has 0 aromatic heterocycles. The third-order valence-corrected chi connectivity index (χ3v) is 10.5. The van der Waals surface area contributed by atoms with Crippen molar-refractivity contribution >= 4 is 11.8 Å². The number of halogens is 12. The number of hydrogen-bond acceptors (Lipinski definition) is 4. The summed E-state index contributed by atoms with van der Waals surface area (Å²) in [5.41, 5.74) is -7.11. The maximum atomic E-state index is 14.1. The second-order valence-corrected chi connectivity index (χ2v) is 14.1. The smallest absolute Gasteiger partial charge is 0.416 e. The predicted octanol–water partition coefficient (Wildman–Crippen LogP) is 10.7. The molecule has 4 aromatic carbocycles. The van der Waals surface area contributed by atoms with Gasteiger partial charge in [-0.25, -0.2) is 9.98 Å². The Hall–Kier alpha value is -5.02. The first-order valence-corrected chi connectivity index (χ1v) is 16.9. The van der Waals surface area contributed by atoms with Crippen molar-refractivity contribution in [3.05, 3.63) is 141 Å². The molecule has 2 aliphatic heterocycles. The van der Waals surface area contributed by atoms with E-state index in [-0.39, 0.29) is 36.8 Å². The molecule has 0 N–H and O–H groups in total. The molecule has 2 aliphatic carbocycles. The second-order valence-electron chi connectivity index (χ2n) is 14.1. The molecule has 0 fully saturated rings. The second kappa shape index (κ2) is 12.5. The Kier molecular flexibility index (Phi) is 8.39. The van der Waals surface area contributed by atoms with Gasteiger partial charge in [-0.1, -0.05) is 48.5 Å².